The minimum atomic E-state index is -1.70. The Kier molecular flexibility index (Phi) is 4.53. The van der Waals surface area contributed by atoms with Gasteiger partial charge in [0.05, 0.1) is 12.9 Å². The van der Waals surface area contributed by atoms with Crippen molar-refractivity contribution in [2.75, 3.05) is 6.61 Å². The summed E-state index contributed by atoms with van der Waals surface area (Å²) in [5.41, 5.74) is 2.81. The third-order valence-corrected chi connectivity index (χ3v) is 4.38. The highest BCUT2D eigenvalue weighted by atomic mass is 19.1. The normalized spacial score (nSPS) is 24.7. The van der Waals surface area contributed by atoms with Crippen molar-refractivity contribution in [3.63, 3.8) is 0 Å². The number of hydrogen-bond acceptors (Lipinski definition) is 7. The predicted octanol–water partition coefficient (Wildman–Crippen LogP) is 0.848. The molecule has 0 aromatic carbocycles. The van der Waals surface area contributed by atoms with E-state index in [0.717, 1.165) is 5.56 Å². The summed E-state index contributed by atoms with van der Waals surface area (Å²) < 4.78 is 20.9. The number of hydrogen-bond donors (Lipinski definition) is 2. The van der Waals surface area contributed by atoms with E-state index in [1.54, 1.807) is 19.3 Å². The van der Waals surface area contributed by atoms with Gasteiger partial charge in [0.1, 0.15) is 29.7 Å². The molecule has 2 N–H and O–H groups in total. The SMILES string of the molecule is CC#Cc1cncc(-c2ncnc3c2ncn3[C@@H]2O[C@H](CO)[C@@H](F)[C@H]2O)c1. The third kappa shape index (κ3) is 2.94. The summed E-state index contributed by atoms with van der Waals surface area (Å²) in [4.78, 5) is 17.0. The Morgan fingerprint density at radius 3 is 2.89 bits per heavy atom. The van der Waals surface area contributed by atoms with Gasteiger partial charge in [-0.05, 0) is 13.0 Å². The van der Waals surface area contributed by atoms with Crippen molar-refractivity contribution >= 4 is 11.2 Å². The number of rotatable bonds is 3. The van der Waals surface area contributed by atoms with Crippen LogP contribution in [0.15, 0.2) is 31.1 Å². The average molecular weight is 369 g/mol. The molecule has 0 radical (unpaired) electrons. The lowest BCUT2D eigenvalue weighted by atomic mass is 10.1. The number of aromatic nitrogens is 5. The number of aliphatic hydroxyl groups excluding tert-OH is 2. The van der Waals surface area contributed by atoms with Gasteiger partial charge in [0.2, 0.25) is 0 Å². The summed E-state index contributed by atoms with van der Waals surface area (Å²) in [6, 6.07) is 1.84. The maximum Gasteiger partial charge on any atom is 0.166 e. The predicted molar refractivity (Wildman–Crippen MR) is 93.0 cm³/mol. The molecule has 4 heterocycles. The number of ether oxygens (including phenoxy) is 1. The fraction of sp³-hybridized carbons (Fsp3) is 0.333. The number of nitrogens with zero attached hydrogens (tertiary/aromatic N) is 5. The monoisotopic (exact) mass is 369 g/mol. The Bertz CT molecular complexity index is 1040. The van der Waals surface area contributed by atoms with Crippen LogP contribution in [0.1, 0.15) is 18.7 Å². The highest BCUT2D eigenvalue weighted by Crippen LogP contribution is 2.34. The molecule has 9 heteroatoms. The number of fused-ring (bicyclic) bond motifs is 1. The molecule has 0 bridgehead atoms. The summed E-state index contributed by atoms with van der Waals surface area (Å²) in [6.45, 7) is 1.21. The first-order valence-corrected chi connectivity index (χ1v) is 8.28. The molecule has 1 saturated heterocycles. The summed E-state index contributed by atoms with van der Waals surface area (Å²) >= 11 is 0. The molecular weight excluding hydrogens is 353 g/mol. The molecule has 0 saturated carbocycles. The van der Waals surface area contributed by atoms with Crippen LogP contribution in [0.2, 0.25) is 0 Å². The van der Waals surface area contributed by atoms with Crippen molar-refractivity contribution in [3.05, 3.63) is 36.7 Å². The van der Waals surface area contributed by atoms with E-state index < -0.39 is 31.2 Å². The van der Waals surface area contributed by atoms with Crippen LogP contribution in [0.4, 0.5) is 4.39 Å². The van der Waals surface area contributed by atoms with Gasteiger partial charge < -0.3 is 14.9 Å². The second kappa shape index (κ2) is 7.00. The van der Waals surface area contributed by atoms with Gasteiger partial charge in [-0.1, -0.05) is 5.92 Å². The van der Waals surface area contributed by atoms with E-state index in [4.69, 9.17) is 4.74 Å². The molecule has 0 unspecified atom stereocenters. The number of imidazole rings is 1. The lowest BCUT2D eigenvalue weighted by Crippen LogP contribution is -2.29. The highest BCUT2D eigenvalue weighted by molar-refractivity contribution is 5.87. The van der Waals surface area contributed by atoms with E-state index in [1.807, 2.05) is 6.07 Å². The van der Waals surface area contributed by atoms with Crippen LogP contribution in [0.3, 0.4) is 0 Å². The van der Waals surface area contributed by atoms with Crippen LogP contribution < -0.4 is 0 Å². The lowest BCUT2D eigenvalue weighted by molar-refractivity contribution is -0.0495. The number of aliphatic hydroxyl groups is 2. The first-order valence-electron chi connectivity index (χ1n) is 8.28. The first kappa shape index (κ1) is 17.5. The van der Waals surface area contributed by atoms with Crippen LogP contribution >= 0.6 is 0 Å². The zero-order chi connectivity index (χ0) is 19.0. The molecular formula is C18H16FN5O3. The summed E-state index contributed by atoms with van der Waals surface area (Å²) in [5.74, 6) is 5.75. The molecule has 27 heavy (non-hydrogen) atoms. The fourth-order valence-electron chi connectivity index (χ4n) is 3.12. The second-order valence-corrected chi connectivity index (χ2v) is 6.07. The van der Waals surface area contributed by atoms with Crippen molar-refractivity contribution in [1.82, 2.24) is 24.5 Å². The zero-order valence-electron chi connectivity index (χ0n) is 14.3. The molecule has 0 amide bonds. The topological polar surface area (TPSA) is 106 Å². The van der Waals surface area contributed by atoms with Crippen LogP contribution in [0.25, 0.3) is 22.4 Å². The summed E-state index contributed by atoms with van der Waals surface area (Å²) in [6.07, 6.45) is 0.767. The second-order valence-electron chi connectivity index (χ2n) is 6.07. The van der Waals surface area contributed by atoms with E-state index in [9.17, 15) is 14.6 Å². The standard InChI is InChI=1S/C18H16FN5O3/c1-2-3-10-4-11(6-20-5-10)14-15-17(22-8-21-14)24(9-23-15)18-16(26)13(19)12(7-25)27-18/h4-6,8-9,12-13,16,18,25-26H,7H2,1H3/t12-,13-,16-,18-/m1/s1. The van der Waals surface area contributed by atoms with E-state index in [0.29, 0.717) is 22.4 Å². The van der Waals surface area contributed by atoms with Gasteiger partial charge in [0.25, 0.3) is 0 Å². The van der Waals surface area contributed by atoms with Crippen LogP contribution in [-0.2, 0) is 4.74 Å². The van der Waals surface area contributed by atoms with Crippen molar-refractivity contribution in [2.45, 2.75) is 31.5 Å². The highest BCUT2D eigenvalue weighted by Gasteiger charge is 2.45. The summed E-state index contributed by atoms with van der Waals surface area (Å²) in [7, 11) is 0. The first-order chi connectivity index (χ1) is 13.1. The van der Waals surface area contributed by atoms with Gasteiger partial charge in [0, 0.05) is 23.5 Å². The molecule has 1 aliphatic heterocycles. The molecule has 0 spiro atoms. The Balaban J connectivity index is 1.79. The van der Waals surface area contributed by atoms with E-state index in [2.05, 4.69) is 31.8 Å². The molecule has 1 aliphatic rings. The number of halogens is 1. The third-order valence-electron chi connectivity index (χ3n) is 4.38. The number of pyridine rings is 1. The largest absolute Gasteiger partial charge is 0.394 e. The molecule has 4 atom stereocenters. The van der Waals surface area contributed by atoms with Crippen molar-refractivity contribution in [2.24, 2.45) is 0 Å². The molecule has 8 nitrogen and oxygen atoms in total. The van der Waals surface area contributed by atoms with Crippen LogP contribution in [-0.4, -0.2) is 59.7 Å². The van der Waals surface area contributed by atoms with E-state index >= 15 is 0 Å². The van der Waals surface area contributed by atoms with E-state index in [1.165, 1.54) is 17.2 Å². The van der Waals surface area contributed by atoms with Crippen molar-refractivity contribution < 1.29 is 19.3 Å². The Labute approximate surface area is 153 Å². The molecule has 3 aromatic heterocycles. The molecule has 4 rings (SSSR count). The quantitative estimate of drug-likeness (QED) is 0.659. The average Bonchev–Trinajstić information content (AvgIpc) is 3.23. The van der Waals surface area contributed by atoms with E-state index in [-0.39, 0.29) is 0 Å². The van der Waals surface area contributed by atoms with Gasteiger partial charge in [-0.15, -0.1) is 5.92 Å². The van der Waals surface area contributed by atoms with Crippen LogP contribution in [0, 0.1) is 11.8 Å². The lowest BCUT2D eigenvalue weighted by Gasteiger charge is -2.16. The van der Waals surface area contributed by atoms with Crippen molar-refractivity contribution in [1.29, 1.82) is 0 Å². The Morgan fingerprint density at radius 1 is 1.30 bits per heavy atom. The minimum absolute atomic E-state index is 0.377. The van der Waals surface area contributed by atoms with Gasteiger partial charge >= 0.3 is 0 Å². The Hall–Kier alpha value is -2.93. The minimum Gasteiger partial charge on any atom is -0.394 e. The maximum absolute atomic E-state index is 14.1. The maximum atomic E-state index is 14.1. The van der Waals surface area contributed by atoms with Gasteiger partial charge in [-0.3, -0.25) is 9.55 Å². The van der Waals surface area contributed by atoms with Gasteiger partial charge in [-0.25, -0.2) is 19.3 Å². The molecule has 138 valence electrons. The smallest absolute Gasteiger partial charge is 0.166 e. The Morgan fingerprint density at radius 2 is 2.15 bits per heavy atom. The van der Waals surface area contributed by atoms with Gasteiger partial charge in [-0.2, -0.15) is 0 Å². The molecule has 0 aliphatic carbocycles. The number of alkyl halides is 1. The van der Waals surface area contributed by atoms with Crippen LogP contribution in [0.5, 0.6) is 0 Å². The zero-order valence-corrected chi connectivity index (χ0v) is 14.3. The van der Waals surface area contributed by atoms with Gasteiger partial charge in [0.15, 0.2) is 18.0 Å². The molecule has 1 fully saturated rings. The molecule has 3 aromatic rings. The summed E-state index contributed by atoms with van der Waals surface area (Å²) in [5, 5.41) is 19.3. The van der Waals surface area contributed by atoms with Crippen molar-refractivity contribution in [3.8, 4) is 23.1 Å². The fourth-order valence-corrected chi connectivity index (χ4v) is 3.12.